The third-order valence-corrected chi connectivity index (χ3v) is 3.70. The number of cyclic esters (lactones) is 1. The first-order valence-corrected chi connectivity index (χ1v) is 7.96. The molecule has 0 saturated carbocycles. The molecule has 0 atom stereocenters. The summed E-state index contributed by atoms with van der Waals surface area (Å²) in [6.07, 6.45) is 12.7. The number of esters is 1. The van der Waals surface area contributed by atoms with Crippen molar-refractivity contribution in [1.29, 1.82) is 0 Å². The maximum atomic E-state index is 11.6. The molecule has 19 heavy (non-hydrogen) atoms. The van der Waals surface area contributed by atoms with Gasteiger partial charge in [-0.25, -0.2) is 0 Å². The summed E-state index contributed by atoms with van der Waals surface area (Å²) in [6.45, 7) is 0.581. The fraction of sp³-hybridized carbons (Fsp3) is 0.875. The molecule has 3 heteroatoms. The molecular weight excluding hydrogens is 240 g/mol. The zero-order chi connectivity index (χ0) is 13.8. The molecule has 3 nitrogen and oxygen atoms in total. The van der Waals surface area contributed by atoms with E-state index in [1.165, 1.54) is 12.8 Å². The van der Waals surface area contributed by atoms with Gasteiger partial charge in [-0.05, 0) is 25.7 Å². The topological polar surface area (TPSA) is 43.4 Å². The van der Waals surface area contributed by atoms with Crippen LogP contribution in [0.1, 0.15) is 83.5 Å². The summed E-state index contributed by atoms with van der Waals surface area (Å²) in [5.74, 6) is 0.365. The average Bonchev–Trinajstić information content (AvgIpc) is 2.40. The highest BCUT2D eigenvalue weighted by atomic mass is 16.5. The van der Waals surface area contributed by atoms with Crippen LogP contribution in [-0.4, -0.2) is 18.4 Å². The Morgan fingerprint density at radius 3 is 1.68 bits per heavy atom. The van der Waals surface area contributed by atoms with Gasteiger partial charge in [-0.3, -0.25) is 9.59 Å². The normalized spacial score (nSPS) is 22.5. The number of carbonyl (C=O) groups excluding carboxylic acids is 2. The van der Waals surface area contributed by atoms with Crippen LogP contribution in [0.2, 0.25) is 0 Å². The molecular formula is C16H28O3. The second-order valence-corrected chi connectivity index (χ2v) is 5.54. The molecule has 1 saturated heterocycles. The van der Waals surface area contributed by atoms with Gasteiger partial charge in [-0.2, -0.15) is 0 Å². The molecule has 1 rings (SSSR count). The van der Waals surface area contributed by atoms with Crippen molar-refractivity contribution < 1.29 is 14.3 Å². The molecule has 0 aromatic carbocycles. The van der Waals surface area contributed by atoms with Crippen LogP contribution in [0, 0.1) is 0 Å². The minimum atomic E-state index is -0.0552. The first-order valence-electron chi connectivity index (χ1n) is 7.96. The molecule has 0 amide bonds. The van der Waals surface area contributed by atoms with E-state index in [4.69, 9.17) is 4.74 Å². The van der Waals surface area contributed by atoms with Gasteiger partial charge in [0.05, 0.1) is 6.61 Å². The Morgan fingerprint density at radius 1 is 0.579 bits per heavy atom. The molecule has 110 valence electrons. The van der Waals surface area contributed by atoms with Crippen molar-refractivity contribution in [3.8, 4) is 0 Å². The first kappa shape index (κ1) is 16.2. The van der Waals surface area contributed by atoms with E-state index in [-0.39, 0.29) is 5.97 Å². The van der Waals surface area contributed by atoms with Gasteiger partial charge >= 0.3 is 5.97 Å². The molecule has 0 N–H and O–H groups in total. The highest BCUT2D eigenvalue weighted by Gasteiger charge is 2.05. The molecule has 0 aromatic heterocycles. The van der Waals surface area contributed by atoms with E-state index in [2.05, 4.69) is 0 Å². The SMILES string of the molecule is O=C1CCCCCCCCOC(=O)CCCCCC1. The number of rotatable bonds is 0. The molecule has 1 heterocycles. The molecule has 0 spiro atoms. The zero-order valence-corrected chi connectivity index (χ0v) is 12.1. The molecule has 0 aromatic rings. The van der Waals surface area contributed by atoms with Gasteiger partial charge in [0.1, 0.15) is 5.78 Å². The van der Waals surface area contributed by atoms with Crippen LogP contribution >= 0.6 is 0 Å². The Bertz CT molecular complexity index is 235. The number of Topliss-reactive ketones (excluding diaryl/α,β-unsaturated/α-hetero) is 1. The molecule has 1 aliphatic rings. The van der Waals surface area contributed by atoms with Gasteiger partial charge < -0.3 is 4.74 Å². The second kappa shape index (κ2) is 11.0. The van der Waals surface area contributed by atoms with Crippen LogP contribution in [0.5, 0.6) is 0 Å². The van der Waals surface area contributed by atoms with Gasteiger partial charge in [-0.15, -0.1) is 0 Å². The monoisotopic (exact) mass is 268 g/mol. The number of ketones is 1. The molecule has 0 unspecified atom stereocenters. The second-order valence-electron chi connectivity index (χ2n) is 5.54. The van der Waals surface area contributed by atoms with Crippen LogP contribution in [0.3, 0.4) is 0 Å². The molecule has 1 aliphatic heterocycles. The minimum Gasteiger partial charge on any atom is -0.466 e. The van der Waals surface area contributed by atoms with Gasteiger partial charge in [0.15, 0.2) is 0 Å². The van der Waals surface area contributed by atoms with Gasteiger partial charge in [0, 0.05) is 19.3 Å². The van der Waals surface area contributed by atoms with Crippen LogP contribution in [0.15, 0.2) is 0 Å². The Kier molecular flexibility index (Phi) is 9.38. The summed E-state index contributed by atoms with van der Waals surface area (Å²) >= 11 is 0. The Morgan fingerprint density at radius 2 is 1.05 bits per heavy atom. The van der Waals surface area contributed by atoms with Crippen molar-refractivity contribution in [3.05, 3.63) is 0 Å². The Labute approximate surface area is 117 Å². The Balaban J connectivity index is 2.21. The number of hydrogen-bond acceptors (Lipinski definition) is 3. The van der Waals surface area contributed by atoms with E-state index in [0.29, 0.717) is 18.8 Å². The van der Waals surface area contributed by atoms with E-state index in [1.807, 2.05) is 0 Å². The van der Waals surface area contributed by atoms with Gasteiger partial charge in [-0.1, -0.05) is 38.5 Å². The minimum absolute atomic E-state index is 0.0552. The van der Waals surface area contributed by atoms with Gasteiger partial charge in [0.25, 0.3) is 0 Å². The van der Waals surface area contributed by atoms with E-state index >= 15 is 0 Å². The van der Waals surface area contributed by atoms with Crippen molar-refractivity contribution in [2.75, 3.05) is 6.61 Å². The number of hydrogen-bond donors (Lipinski definition) is 0. The van der Waals surface area contributed by atoms with E-state index in [1.54, 1.807) is 0 Å². The summed E-state index contributed by atoms with van der Waals surface area (Å²) in [6, 6.07) is 0. The van der Waals surface area contributed by atoms with Crippen molar-refractivity contribution in [2.24, 2.45) is 0 Å². The first-order chi connectivity index (χ1) is 9.29. The van der Waals surface area contributed by atoms with E-state index < -0.39 is 0 Å². The lowest BCUT2D eigenvalue weighted by Gasteiger charge is -2.04. The molecule has 0 bridgehead atoms. The zero-order valence-electron chi connectivity index (χ0n) is 12.1. The lowest BCUT2D eigenvalue weighted by Crippen LogP contribution is -2.05. The molecule has 0 radical (unpaired) electrons. The van der Waals surface area contributed by atoms with Crippen molar-refractivity contribution in [3.63, 3.8) is 0 Å². The number of ether oxygens (including phenoxy) is 1. The van der Waals surface area contributed by atoms with Crippen LogP contribution < -0.4 is 0 Å². The Hall–Kier alpha value is -0.860. The summed E-state index contributed by atoms with van der Waals surface area (Å²) < 4.78 is 5.19. The summed E-state index contributed by atoms with van der Waals surface area (Å²) in [4.78, 5) is 23.0. The maximum Gasteiger partial charge on any atom is 0.305 e. The van der Waals surface area contributed by atoms with Gasteiger partial charge in [0.2, 0.25) is 0 Å². The predicted octanol–water partition coefficient (Wildman–Crippen LogP) is 4.18. The largest absolute Gasteiger partial charge is 0.466 e. The fourth-order valence-corrected chi connectivity index (χ4v) is 2.46. The smallest absolute Gasteiger partial charge is 0.305 e. The lowest BCUT2D eigenvalue weighted by molar-refractivity contribution is -0.143. The van der Waals surface area contributed by atoms with Crippen LogP contribution in [-0.2, 0) is 14.3 Å². The average molecular weight is 268 g/mol. The summed E-state index contributed by atoms with van der Waals surface area (Å²) in [5, 5.41) is 0. The number of carbonyl (C=O) groups is 2. The predicted molar refractivity (Wildman–Crippen MR) is 76.0 cm³/mol. The maximum absolute atomic E-state index is 11.6. The van der Waals surface area contributed by atoms with E-state index in [9.17, 15) is 9.59 Å². The highest BCUT2D eigenvalue weighted by molar-refractivity contribution is 5.78. The molecule has 0 aliphatic carbocycles. The third-order valence-electron chi connectivity index (χ3n) is 3.70. The van der Waals surface area contributed by atoms with Crippen LogP contribution in [0.4, 0.5) is 0 Å². The highest BCUT2D eigenvalue weighted by Crippen LogP contribution is 2.12. The summed E-state index contributed by atoms with van der Waals surface area (Å²) in [5.41, 5.74) is 0. The quantitative estimate of drug-likeness (QED) is 0.619. The van der Waals surface area contributed by atoms with Crippen molar-refractivity contribution >= 4 is 11.8 Å². The van der Waals surface area contributed by atoms with Crippen molar-refractivity contribution in [2.45, 2.75) is 83.5 Å². The third kappa shape index (κ3) is 9.69. The fourth-order valence-electron chi connectivity index (χ4n) is 2.46. The van der Waals surface area contributed by atoms with Crippen molar-refractivity contribution in [1.82, 2.24) is 0 Å². The lowest BCUT2D eigenvalue weighted by atomic mass is 10.0. The standard InChI is InChI=1S/C16H28O3/c17-15-11-7-3-1-2-6-10-14-19-16(18)13-9-5-4-8-12-15/h1-14H2. The summed E-state index contributed by atoms with van der Waals surface area (Å²) in [7, 11) is 0. The van der Waals surface area contributed by atoms with E-state index in [0.717, 1.165) is 64.2 Å². The molecule has 1 fully saturated rings. The van der Waals surface area contributed by atoms with Crippen LogP contribution in [0.25, 0.3) is 0 Å².